The number of aromatic nitrogens is 1. The summed E-state index contributed by atoms with van der Waals surface area (Å²) < 4.78 is 0. The van der Waals surface area contributed by atoms with Crippen LogP contribution in [0.25, 0.3) is 0 Å². The molecule has 3 aromatic rings. The molecule has 2 heterocycles. The number of carbonyl (C=O) groups excluding carboxylic acids is 1. The van der Waals surface area contributed by atoms with E-state index in [4.69, 9.17) is 11.6 Å². The molecule has 0 aliphatic heterocycles. The highest BCUT2D eigenvalue weighted by atomic mass is 35.5. The minimum atomic E-state index is -0.0976. The van der Waals surface area contributed by atoms with Crippen molar-refractivity contribution in [3.63, 3.8) is 0 Å². The molecule has 1 N–H and O–H groups in total. The summed E-state index contributed by atoms with van der Waals surface area (Å²) in [5, 5.41) is 5.48. The lowest BCUT2D eigenvalue weighted by Crippen LogP contribution is -2.10. The van der Waals surface area contributed by atoms with Gasteiger partial charge in [-0.3, -0.25) is 9.78 Å². The second-order valence-corrected chi connectivity index (χ2v) is 7.09. The summed E-state index contributed by atoms with van der Waals surface area (Å²) in [6.07, 6.45) is 3.55. The molecule has 6 heteroatoms. The molecule has 0 aliphatic rings. The maximum Gasteiger partial charge on any atom is 0.266 e. The number of hydrogen-bond donors (Lipinski definition) is 1. The number of rotatable bonds is 5. The lowest BCUT2D eigenvalue weighted by molar-refractivity contribution is 0.102. The van der Waals surface area contributed by atoms with Gasteiger partial charge in [0, 0.05) is 33.8 Å². The van der Waals surface area contributed by atoms with E-state index >= 15 is 0 Å². The smallest absolute Gasteiger partial charge is 0.266 e. The number of nitrogens with one attached hydrogen (secondary N) is 1. The van der Waals surface area contributed by atoms with Gasteiger partial charge in [-0.2, -0.15) is 0 Å². The molecule has 23 heavy (non-hydrogen) atoms. The fourth-order valence-corrected chi connectivity index (χ4v) is 4.06. The van der Waals surface area contributed by atoms with E-state index < -0.39 is 0 Å². The third-order valence-electron chi connectivity index (χ3n) is 3.08. The van der Waals surface area contributed by atoms with Gasteiger partial charge < -0.3 is 5.32 Å². The van der Waals surface area contributed by atoms with Crippen molar-refractivity contribution in [1.29, 1.82) is 0 Å². The predicted molar refractivity (Wildman–Crippen MR) is 97.5 cm³/mol. The van der Waals surface area contributed by atoms with E-state index in [1.807, 2.05) is 23.6 Å². The molecule has 116 valence electrons. The Hall–Kier alpha value is -1.82. The van der Waals surface area contributed by atoms with Crippen LogP contribution in [0.3, 0.4) is 0 Å². The van der Waals surface area contributed by atoms with Crippen molar-refractivity contribution >= 4 is 46.3 Å². The number of halogens is 1. The zero-order chi connectivity index (χ0) is 16.1. The Labute approximate surface area is 147 Å². The summed E-state index contributed by atoms with van der Waals surface area (Å²) in [4.78, 5) is 18.1. The van der Waals surface area contributed by atoms with E-state index in [-0.39, 0.29) is 5.91 Å². The third-order valence-corrected chi connectivity index (χ3v) is 5.50. The van der Waals surface area contributed by atoms with Crippen molar-refractivity contribution in [1.82, 2.24) is 4.98 Å². The van der Waals surface area contributed by atoms with Crippen LogP contribution in [0.4, 0.5) is 5.69 Å². The molecule has 3 rings (SSSR count). The third kappa shape index (κ3) is 4.34. The number of anilines is 1. The van der Waals surface area contributed by atoms with Crippen molar-refractivity contribution in [2.24, 2.45) is 0 Å². The van der Waals surface area contributed by atoms with Gasteiger partial charge in [0.1, 0.15) is 4.88 Å². The van der Waals surface area contributed by atoms with Gasteiger partial charge in [-0.25, -0.2) is 0 Å². The number of thiophene rings is 1. The molecule has 0 atom stereocenters. The lowest BCUT2D eigenvalue weighted by Gasteiger charge is -2.06. The SMILES string of the molecule is O=C(Nc1ccc(Cl)cc1)c1sccc1SCc1ccncc1. The Kier molecular flexibility index (Phi) is 5.33. The molecule has 0 saturated heterocycles. The molecular formula is C17H13ClN2OS2. The molecule has 1 aromatic carbocycles. The van der Waals surface area contributed by atoms with E-state index in [1.54, 1.807) is 48.4 Å². The van der Waals surface area contributed by atoms with Gasteiger partial charge in [0.2, 0.25) is 0 Å². The normalized spacial score (nSPS) is 10.5. The first kappa shape index (κ1) is 16.1. The van der Waals surface area contributed by atoms with Crippen LogP contribution >= 0.6 is 34.7 Å². The number of thioether (sulfide) groups is 1. The number of nitrogens with zero attached hydrogens (tertiary/aromatic N) is 1. The van der Waals surface area contributed by atoms with Crippen molar-refractivity contribution in [2.45, 2.75) is 10.6 Å². The van der Waals surface area contributed by atoms with Crippen LogP contribution < -0.4 is 5.32 Å². The Balaban J connectivity index is 1.67. The minimum Gasteiger partial charge on any atom is -0.321 e. The molecule has 0 aliphatic carbocycles. The van der Waals surface area contributed by atoms with E-state index in [9.17, 15) is 4.79 Å². The van der Waals surface area contributed by atoms with Crippen molar-refractivity contribution in [2.75, 3.05) is 5.32 Å². The molecule has 3 nitrogen and oxygen atoms in total. The first-order valence-corrected chi connectivity index (χ1v) is 9.13. The van der Waals surface area contributed by atoms with Crippen LogP contribution in [0.5, 0.6) is 0 Å². The summed E-state index contributed by atoms with van der Waals surface area (Å²) in [6, 6.07) is 13.0. The minimum absolute atomic E-state index is 0.0976. The molecule has 1 amide bonds. The molecular weight excluding hydrogens is 348 g/mol. The number of benzene rings is 1. The molecule has 0 radical (unpaired) electrons. The number of hydrogen-bond acceptors (Lipinski definition) is 4. The zero-order valence-electron chi connectivity index (χ0n) is 12.0. The monoisotopic (exact) mass is 360 g/mol. The van der Waals surface area contributed by atoms with Crippen LogP contribution in [-0.2, 0) is 5.75 Å². The van der Waals surface area contributed by atoms with Gasteiger partial charge in [0.15, 0.2) is 0 Å². The zero-order valence-corrected chi connectivity index (χ0v) is 14.4. The largest absolute Gasteiger partial charge is 0.321 e. The van der Waals surface area contributed by atoms with Gasteiger partial charge in [0.05, 0.1) is 0 Å². The molecule has 0 unspecified atom stereocenters. The quantitative estimate of drug-likeness (QED) is 0.624. The molecule has 0 saturated carbocycles. The highest BCUT2D eigenvalue weighted by Crippen LogP contribution is 2.30. The maximum atomic E-state index is 12.4. The molecule has 0 spiro atoms. The van der Waals surface area contributed by atoms with Crippen molar-refractivity contribution in [3.05, 3.63) is 75.7 Å². The van der Waals surface area contributed by atoms with Crippen LogP contribution in [0.1, 0.15) is 15.2 Å². The number of amides is 1. The van der Waals surface area contributed by atoms with Gasteiger partial charge in [0.25, 0.3) is 5.91 Å². The average molecular weight is 361 g/mol. The number of pyridine rings is 1. The van der Waals surface area contributed by atoms with E-state index in [2.05, 4.69) is 10.3 Å². The molecule has 2 aromatic heterocycles. The Morgan fingerprint density at radius 3 is 2.61 bits per heavy atom. The van der Waals surface area contributed by atoms with Crippen LogP contribution in [0.2, 0.25) is 5.02 Å². The van der Waals surface area contributed by atoms with Crippen LogP contribution in [-0.4, -0.2) is 10.9 Å². The van der Waals surface area contributed by atoms with Crippen molar-refractivity contribution < 1.29 is 4.79 Å². The van der Waals surface area contributed by atoms with Crippen molar-refractivity contribution in [3.8, 4) is 0 Å². The van der Waals surface area contributed by atoms with Crippen LogP contribution in [0, 0.1) is 0 Å². The first-order valence-electron chi connectivity index (χ1n) is 6.88. The Morgan fingerprint density at radius 1 is 1.13 bits per heavy atom. The lowest BCUT2D eigenvalue weighted by atomic mass is 10.3. The van der Waals surface area contributed by atoms with E-state index in [0.717, 1.165) is 21.2 Å². The second kappa shape index (κ2) is 7.64. The van der Waals surface area contributed by atoms with Gasteiger partial charge in [-0.05, 0) is 53.4 Å². The maximum absolute atomic E-state index is 12.4. The van der Waals surface area contributed by atoms with Gasteiger partial charge in [-0.1, -0.05) is 11.6 Å². The standard InChI is InChI=1S/C17H13ClN2OS2/c18-13-1-3-14(4-2-13)20-17(21)16-15(7-10-22-16)23-11-12-5-8-19-9-6-12/h1-10H,11H2,(H,20,21). The average Bonchev–Trinajstić information content (AvgIpc) is 3.05. The second-order valence-electron chi connectivity index (χ2n) is 4.72. The summed E-state index contributed by atoms with van der Waals surface area (Å²) >= 11 is 8.95. The topological polar surface area (TPSA) is 42.0 Å². The van der Waals surface area contributed by atoms with Crippen LogP contribution in [0.15, 0.2) is 65.1 Å². The predicted octanol–water partition coefficient (Wildman–Crippen LogP) is 5.34. The Bertz CT molecular complexity index is 788. The van der Waals surface area contributed by atoms with Gasteiger partial charge in [-0.15, -0.1) is 23.1 Å². The summed E-state index contributed by atoms with van der Waals surface area (Å²) in [5.41, 5.74) is 1.91. The van der Waals surface area contributed by atoms with E-state index in [1.165, 1.54) is 16.9 Å². The summed E-state index contributed by atoms with van der Waals surface area (Å²) in [7, 11) is 0. The fraction of sp³-hybridized carbons (Fsp3) is 0.0588. The summed E-state index contributed by atoms with van der Waals surface area (Å²) in [5.74, 6) is 0.708. The van der Waals surface area contributed by atoms with E-state index in [0.29, 0.717) is 5.02 Å². The highest BCUT2D eigenvalue weighted by Gasteiger charge is 2.14. The molecule has 0 fully saturated rings. The molecule has 0 bridgehead atoms. The van der Waals surface area contributed by atoms with Gasteiger partial charge >= 0.3 is 0 Å². The summed E-state index contributed by atoms with van der Waals surface area (Å²) in [6.45, 7) is 0. The first-order chi connectivity index (χ1) is 11.2. The Morgan fingerprint density at radius 2 is 1.87 bits per heavy atom. The number of carbonyl (C=O) groups is 1. The highest BCUT2D eigenvalue weighted by molar-refractivity contribution is 7.98. The fourth-order valence-electron chi connectivity index (χ4n) is 1.94.